The molecular formula is C24H17Cl2NO5S2. The lowest BCUT2D eigenvalue weighted by molar-refractivity contribution is -0.112. The monoisotopic (exact) mass is 533 g/mol. The van der Waals surface area contributed by atoms with Crippen LogP contribution in [0.4, 0.5) is 5.69 Å². The van der Waals surface area contributed by atoms with Crippen molar-refractivity contribution in [2.75, 3.05) is 12.4 Å². The summed E-state index contributed by atoms with van der Waals surface area (Å²) in [5, 5.41) is 3.29. The van der Waals surface area contributed by atoms with Crippen LogP contribution in [0.15, 0.2) is 75.4 Å². The molecule has 1 aliphatic rings. The van der Waals surface area contributed by atoms with Gasteiger partial charge in [0.2, 0.25) is 0 Å². The molecule has 0 bridgehead atoms. The largest absolute Gasteiger partial charge is 0.465 e. The van der Waals surface area contributed by atoms with Crippen molar-refractivity contribution in [2.45, 2.75) is 15.5 Å². The Labute approximate surface area is 210 Å². The molecular weight excluding hydrogens is 517 g/mol. The predicted octanol–water partition coefficient (Wildman–Crippen LogP) is 5.84. The quantitative estimate of drug-likeness (QED) is 0.327. The van der Waals surface area contributed by atoms with Crippen molar-refractivity contribution in [1.29, 1.82) is 0 Å². The molecule has 0 saturated heterocycles. The first-order chi connectivity index (χ1) is 16.2. The number of halogens is 2. The highest BCUT2D eigenvalue weighted by Crippen LogP contribution is 2.40. The topological polar surface area (TPSA) is 89.5 Å². The van der Waals surface area contributed by atoms with Crippen molar-refractivity contribution >= 4 is 68.4 Å². The van der Waals surface area contributed by atoms with Crippen molar-refractivity contribution < 1.29 is 22.7 Å². The lowest BCUT2D eigenvalue weighted by atomic mass is 10.1. The number of thioether (sulfide) groups is 1. The molecule has 1 amide bonds. The number of sulfone groups is 1. The van der Waals surface area contributed by atoms with E-state index in [1.165, 1.54) is 31.0 Å². The number of methoxy groups -OCH3 is 1. The Morgan fingerprint density at radius 3 is 2.38 bits per heavy atom. The fourth-order valence-corrected chi connectivity index (χ4v) is 6.31. The van der Waals surface area contributed by atoms with Crippen LogP contribution in [0.5, 0.6) is 0 Å². The standard InChI is InChI=1S/C24H17Cl2NO5S2/c1-32-24(29)15-7-5-14(6-8-15)11-22-23(28)27-20-12-16(9-10-21(20)33-22)34(30,31)13-17-18(25)3-2-4-19(17)26/h2-12H,13H2,1H3,(H,27,28)/b22-11-. The molecule has 6 nitrogen and oxygen atoms in total. The third kappa shape index (κ3) is 5.15. The van der Waals surface area contributed by atoms with Crippen LogP contribution < -0.4 is 5.32 Å². The maximum absolute atomic E-state index is 13.0. The number of rotatable bonds is 5. The molecule has 4 rings (SSSR count). The van der Waals surface area contributed by atoms with Crippen LogP contribution >= 0.6 is 35.0 Å². The van der Waals surface area contributed by atoms with Gasteiger partial charge in [0.05, 0.1) is 33.9 Å². The van der Waals surface area contributed by atoms with Crippen molar-refractivity contribution in [3.8, 4) is 0 Å². The molecule has 0 aliphatic carbocycles. The Kier molecular flexibility index (Phi) is 7.04. The lowest BCUT2D eigenvalue weighted by Crippen LogP contribution is -2.18. The van der Waals surface area contributed by atoms with Gasteiger partial charge < -0.3 is 10.1 Å². The van der Waals surface area contributed by atoms with E-state index in [1.54, 1.807) is 54.6 Å². The summed E-state index contributed by atoms with van der Waals surface area (Å²) in [6, 6.07) is 16.0. The van der Waals surface area contributed by atoms with Gasteiger partial charge in [-0.25, -0.2) is 13.2 Å². The molecule has 3 aromatic rings. The molecule has 0 saturated carbocycles. The Balaban J connectivity index is 1.58. The molecule has 0 fully saturated rings. The fraction of sp³-hybridized carbons (Fsp3) is 0.0833. The molecule has 0 aromatic heterocycles. The smallest absolute Gasteiger partial charge is 0.337 e. The minimum atomic E-state index is -3.77. The van der Waals surface area contributed by atoms with Gasteiger partial charge >= 0.3 is 5.97 Å². The van der Waals surface area contributed by atoms with Crippen molar-refractivity contribution in [1.82, 2.24) is 0 Å². The normalized spacial score (nSPS) is 14.4. The van der Waals surface area contributed by atoms with Crippen LogP contribution in [0.25, 0.3) is 6.08 Å². The Morgan fingerprint density at radius 2 is 1.74 bits per heavy atom. The van der Waals surface area contributed by atoms with Gasteiger partial charge in [-0.15, -0.1) is 0 Å². The number of fused-ring (bicyclic) bond motifs is 1. The predicted molar refractivity (Wildman–Crippen MR) is 134 cm³/mol. The summed E-state index contributed by atoms with van der Waals surface area (Å²) in [6.45, 7) is 0. The fourth-order valence-electron chi connectivity index (χ4n) is 3.26. The molecule has 0 unspecified atom stereocenters. The van der Waals surface area contributed by atoms with Crippen LogP contribution in [0.2, 0.25) is 10.0 Å². The van der Waals surface area contributed by atoms with Crippen LogP contribution in [0.3, 0.4) is 0 Å². The van der Waals surface area contributed by atoms with Gasteiger partial charge in [0.1, 0.15) is 0 Å². The number of benzene rings is 3. The first-order valence-corrected chi connectivity index (χ1v) is 13.1. The van der Waals surface area contributed by atoms with Gasteiger partial charge in [0, 0.05) is 20.5 Å². The SMILES string of the molecule is COC(=O)c1ccc(/C=C2\Sc3ccc(S(=O)(=O)Cc4c(Cl)cccc4Cl)cc3NC2=O)cc1. The maximum Gasteiger partial charge on any atom is 0.337 e. The van der Waals surface area contributed by atoms with E-state index < -0.39 is 15.8 Å². The lowest BCUT2D eigenvalue weighted by Gasteiger charge is -2.19. The molecule has 10 heteroatoms. The Bertz CT molecular complexity index is 1410. The van der Waals surface area contributed by atoms with Gasteiger partial charge in [-0.1, -0.05) is 53.2 Å². The van der Waals surface area contributed by atoms with E-state index in [2.05, 4.69) is 10.1 Å². The Morgan fingerprint density at radius 1 is 1.06 bits per heavy atom. The summed E-state index contributed by atoms with van der Waals surface area (Å²) >= 11 is 13.5. The molecule has 174 valence electrons. The molecule has 3 aromatic carbocycles. The van der Waals surface area contributed by atoms with Gasteiger partial charge in [-0.2, -0.15) is 0 Å². The van der Waals surface area contributed by atoms with E-state index >= 15 is 0 Å². The summed E-state index contributed by atoms with van der Waals surface area (Å²) in [5.74, 6) is -1.17. The number of carbonyl (C=O) groups excluding carboxylic acids is 2. The summed E-state index contributed by atoms with van der Waals surface area (Å²) in [6.07, 6.45) is 1.69. The average molecular weight is 534 g/mol. The molecule has 34 heavy (non-hydrogen) atoms. The van der Waals surface area contributed by atoms with Crippen LogP contribution in [-0.4, -0.2) is 27.4 Å². The molecule has 1 heterocycles. The summed E-state index contributed by atoms with van der Waals surface area (Å²) < 4.78 is 30.7. The second-order valence-electron chi connectivity index (χ2n) is 7.30. The van der Waals surface area contributed by atoms with Crippen molar-refractivity contribution in [3.63, 3.8) is 0 Å². The number of esters is 1. The number of nitrogens with one attached hydrogen (secondary N) is 1. The second-order valence-corrected chi connectivity index (χ2v) is 11.2. The number of hydrogen-bond acceptors (Lipinski definition) is 6. The zero-order valence-electron chi connectivity index (χ0n) is 17.7. The van der Waals surface area contributed by atoms with E-state index in [4.69, 9.17) is 23.2 Å². The first-order valence-electron chi connectivity index (χ1n) is 9.87. The van der Waals surface area contributed by atoms with Gasteiger partial charge in [-0.3, -0.25) is 4.79 Å². The highest BCUT2D eigenvalue weighted by atomic mass is 35.5. The van der Waals surface area contributed by atoms with Gasteiger partial charge in [-0.05, 0) is 54.1 Å². The maximum atomic E-state index is 13.0. The summed E-state index contributed by atoms with van der Waals surface area (Å²) in [5.41, 5.74) is 1.86. The van der Waals surface area contributed by atoms with E-state index in [0.717, 1.165) is 5.56 Å². The summed E-state index contributed by atoms with van der Waals surface area (Å²) in [4.78, 5) is 25.4. The zero-order valence-corrected chi connectivity index (χ0v) is 20.8. The average Bonchev–Trinajstić information content (AvgIpc) is 2.81. The third-order valence-corrected chi connectivity index (χ3v) is 8.48. The first kappa shape index (κ1) is 24.3. The molecule has 0 atom stereocenters. The number of hydrogen-bond donors (Lipinski definition) is 1. The molecule has 1 N–H and O–H groups in total. The summed E-state index contributed by atoms with van der Waals surface area (Å²) in [7, 11) is -2.46. The second kappa shape index (κ2) is 9.84. The van der Waals surface area contributed by atoms with Crippen LogP contribution in [0, 0.1) is 0 Å². The van der Waals surface area contributed by atoms with Crippen LogP contribution in [-0.2, 0) is 25.1 Å². The minimum Gasteiger partial charge on any atom is -0.465 e. The van der Waals surface area contributed by atoms with E-state index in [0.29, 0.717) is 26.6 Å². The van der Waals surface area contributed by atoms with E-state index in [1.807, 2.05) is 0 Å². The number of carbonyl (C=O) groups is 2. The van der Waals surface area contributed by atoms with E-state index in [-0.39, 0.29) is 26.6 Å². The number of ether oxygens (including phenoxy) is 1. The third-order valence-electron chi connectivity index (χ3n) is 5.03. The highest BCUT2D eigenvalue weighted by molar-refractivity contribution is 8.04. The zero-order chi connectivity index (χ0) is 24.5. The van der Waals surface area contributed by atoms with Gasteiger partial charge in [0.25, 0.3) is 5.91 Å². The van der Waals surface area contributed by atoms with Crippen LogP contribution in [0.1, 0.15) is 21.5 Å². The number of amides is 1. The molecule has 0 radical (unpaired) electrons. The minimum absolute atomic E-state index is 0.0500. The molecule has 0 spiro atoms. The van der Waals surface area contributed by atoms with Crippen molar-refractivity contribution in [2.24, 2.45) is 0 Å². The number of anilines is 1. The van der Waals surface area contributed by atoms with Gasteiger partial charge in [0.15, 0.2) is 9.84 Å². The highest BCUT2D eigenvalue weighted by Gasteiger charge is 2.25. The van der Waals surface area contributed by atoms with E-state index in [9.17, 15) is 18.0 Å². The van der Waals surface area contributed by atoms with Crippen molar-refractivity contribution in [3.05, 3.63) is 92.3 Å². The molecule has 1 aliphatic heterocycles. The Hall–Kier alpha value is -2.78.